The average molecular weight is 447 g/mol. The van der Waals surface area contributed by atoms with Gasteiger partial charge in [-0.1, -0.05) is 12.1 Å². The van der Waals surface area contributed by atoms with Crippen molar-refractivity contribution in [2.75, 3.05) is 0 Å². The molecule has 1 amide bonds. The Hall–Kier alpha value is -3.56. The minimum absolute atomic E-state index is 0.0692. The lowest BCUT2D eigenvalue weighted by Gasteiger charge is -2.22. The monoisotopic (exact) mass is 447 g/mol. The third-order valence-corrected chi connectivity index (χ3v) is 4.55. The number of fused-ring (bicyclic) bond motifs is 1. The maximum absolute atomic E-state index is 14.0. The summed E-state index contributed by atoms with van der Waals surface area (Å²) in [6, 6.07) is 3.30. The van der Waals surface area contributed by atoms with Crippen molar-refractivity contribution in [1.82, 2.24) is 10.3 Å². The number of rotatable bonds is 11. The lowest BCUT2D eigenvalue weighted by Crippen LogP contribution is -2.48. The zero-order chi connectivity index (χ0) is 23.8. The van der Waals surface area contributed by atoms with E-state index in [9.17, 15) is 23.6 Å². The number of nitrogens with one attached hydrogen (secondary N) is 3. The molecule has 0 unspecified atom stereocenters. The number of esters is 2. The third kappa shape index (κ3) is 6.73. The van der Waals surface area contributed by atoms with Crippen molar-refractivity contribution >= 4 is 40.7 Å². The standard InChI is InChI=1S/C22H26FN3O6/c1-12(2)31-22(30)18(8-7-15(28)10-24)26-21(29)19(32-13(3)27)9-14-11-25-20-16(14)5-4-6-17(20)23/h4-6,10-12,18-19,24-25H,7-9H2,1-3H3,(H,26,29)/t18-,19-/m0/s1. The third-order valence-electron chi connectivity index (χ3n) is 4.55. The minimum atomic E-state index is -1.30. The summed E-state index contributed by atoms with van der Waals surface area (Å²) in [5.41, 5.74) is 0.800. The van der Waals surface area contributed by atoms with E-state index in [2.05, 4.69) is 10.3 Å². The van der Waals surface area contributed by atoms with E-state index in [-0.39, 0.29) is 24.8 Å². The molecule has 10 heteroatoms. The molecule has 1 aromatic carbocycles. The SMILES string of the molecule is CC(=O)O[C@@H](Cc1c[nH]c2c(F)cccc12)C(=O)N[C@@H](CCC(=O)C=N)C(=O)OC(C)C. The molecule has 0 fully saturated rings. The molecule has 0 radical (unpaired) electrons. The van der Waals surface area contributed by atoms with E-state index in [4.69, 9.17) is 14.9 Å². The summed E-state index contributed by atoms with van der Waals surface area (Å²) in [4.78, 5) is 51.2. The van der Waals surface area contributed by atoms with Crippen molar-refractivity contribution < 1.29 is 33.0 Å². The van der Waals surface area contributed by atoms with Crippen LogP contribution in [0, 0.1) is 11.2 Å². The number of benzene rings is 1. The van der Waals surface area contributed by atoms with Gasteiger partial charge in [-0.3, -0.25) is 14.4 Å². The molecule has 0 saturated heterocycles. The van der Waals surface area contributed by atoms with Crippen molar-refractivity contribution in [1.29, 1.82) is 5.41 Å². The van der Waals surface area contributed by atoms with E-state index in [1.807, 2.05) is 0 Å². The molecule has 172 valence electrons. The van der Waals surface area contributed by atoms with Crippen molar-refractivity contribution in [2.24, 2.45) is 0 Å². The first-order chi connectivity index (χ1) is 15.1. The number of hydrogen-bond acceptors (Lipinski definition) is 7. The number of H-pyrrole nitrogens is 1. The van der Waals surface area contributed by atoms with E-state index >= 15 is 0 Å². The number of carbonyl (C=O) groups is 4. The number of aromatic amines is 1. The quantitative estimate of drug-likeness (QED) is 0.357. The molecule has 2 aromatic rings. The fourth-order valence-corrected chi connectivity index (χ4v) is 3.12. The molecule has 32 heavy (non-hydrogen) atoms. The van der Waals surface area contributed by atoms with Crippen LogP contribution < -0.4 is 5.32 Å². The van der Waals surface area contributed by atoms with E-state index < -0.39 is 47.7 Å². The Kier molecular flexibility index (Phi) is 8.62. The Labute approximate surface area is 184 Å². The fraction of sp³-hybridized carbons (Fsp3) is 0.409. The number of hydrogen-bond donors (Lipinski definition) is 3. The van der Waals surface area contributed by atoms with Gasteiger partial charge >= 0.3 is 11.9 Å². The van der Waals surface area contributed by atoms with E-state index in [1.165, 1.54) is 18.3 Å². The molecule has 0 bridgehead atoms. The van der Waals surface area contributed by atoms with Gasteiger partial charge < -0.3 is 25.2 Å². The number of halogens is 1. The summed E-state index contributed by atoms with van der Waals surface area (Å²) in [7, 11) is 0. The molecule has 3 N–H and O–H groups in total. The van der Waals surface area contributed by atoms with Crippen LogP contribution >= 0.6 is 0 Å². The maximum Gasteiger partial charge on any atom is 0.328 e. The zero-order valence-electron chi connectivity index (χ0n) is 18.1. The highest BCUT2D eigenvalue weighted by Crippen LogP contribution is 2.22. The molecule has 1 aromatic heterocycles. The Morgan fingerprint density at radius 1 is 1.22 bits per heavy atom. The normalized spacial score (nSPS) is 12.8. The molecular formula is C22H26FN3O6. The van der Waals surface area contributed by atoms with Crippen molar-refractivity contribution in [2.45, 2.75) is 58.3 Å². The molecule has 0 spiro atoms. The molecular weight excluding hydrogens is 421 g/mol. The summed E-state index contributed by atoms with van der Waals surface area (Å²) in [6.07, 6.45) is 0.0847. The average Bonchev–Trinajstić information content (AvgIpc) is 3.13. The number of amides is 1. The molecule has 2 rings (SSSR count). The molecule has 0 aliphatic rings. The number of ether oxygens (including phenoxy) is 2. The van der Waals surface area contributed by atoms with Gasteiger partial charge in [0.2, 0.25) is 0 Å². The van der Waals surface area contributed by atoms with Crippen LogP contribution in [-0.2, 0) is 35.1 Å². The van der Waals surface area contributed by atoms with Crippen LogP contribution in [0.4, 0.5) is 4.39 Å². The van der Waals surface area contributed by atoms with Gasteiger partial charge in [-0.2, -0.15) is 0 Å². The molecule has 0 saturated carbocycles. The van der Waals surface area contributed by atoms with Gasteiger partial charge in [0.25, 0.3) is 5.91 Å². The Balaban J connectivity index is 2.23. The predicted molar refractivity (Wildman–Crippen MR) is 114 cm³/mol. The van der Waals surface area contributed by atoms with Gasteiger partial charge in [0.05, 0.1) is 17.8 Å². The van der Waals surface area contributed by atoms with Gasteiger partial charge in [-0.15, -0.1) is 0 Å². The highest BCUT2D eigenvalue weighted by atomic mass is 19.1. The van der Waals surface area contributed by atoms with Crippen molar-refractivity contribution in [3.8, 4) is 0 Å². The number of aromatic nitrogens is 1. The Bertz CT molecular complexity index is 1020. The lowest BCUT2D eigenvalue weighted by atomic mass is 10.0. The van der Waals surface area contributed by atoms with E-state index in [1.54, 1.807) is 19.9 Å². The predicted octanol–water partition coefficient (Wildman–Crippen LogP) is 2.22. The zero-order valence-corrected chi connectivity index (χ0v) is 18.1. The summed E-state index contributed by atoms with van der Waals surface area (Å²) in [5.74, 6) is -3.20. The number of carbonyl (C=O) groups excluding carboxylic acids is 4. The van der Waals surface area contributed by atoms with Gasteiger partial charge in [0, 0.05) is 31.3 Å². The van der Waals surface area contributed by atoms with Gasteiger partial charge in [0.15, 0.2) is 11.9 Å². The Morgan fingerprint density at radius 2 is 1.94 bits per heavy atom. The number of ketones is 1. The number of Topliss-reactive ketones (excluding diaryl/α,β-unsaturated/α-hetero) is 1. The highest BCUT2D eigenvalue weighted by molar-refractivity contribution is 6.26. The van der Waals surface area contributed by atoms with Crippen LogP contribution in [0.15, 0.2) is 24.4 Å². The van der Waals surface area contributed by atoms with Crippen molar-refractivity contribution in [3.05, 3.63) is 35.8 Å². The largest absolute Gasteiger partial charge is 0.461 e. The summed E-state index contributed by atoms with van der Waals surface area (Å²) in [6.45, 7) is 4.41. The first-order valence-electron chi connectivity index (χ1n) is 10.1. The first-order valence-corrected chi connectivity index (χ1v) is 10.1. The molecule has 9 nitrogen and oxygen atoms in total. The minimum Gasteiger partial charge on any atom is -0.461 e. The second-order valence-electron chi connectivity index (χ2n) is 7.47. The summed E-state index contributed by atoms with van der Waals surface area (Å²) in [5, 5.41) is 9.99. The van der Waals surface area contributed by atoms with Crippen LogP contribution in [0.1, 0.15) is 39.2 Å². The van der Waals surface area contributed by atoms with Crippen LogP contribution in [0.3, 0.4) is 0 Å². The van der Waals surface area contributed by atoms with Crippen LogP contribution in [0.25, 0.3) is 10.9 Å². The summed E-state index contributed by atoms with van der Waals surface area (Å²) < 4.78 is 24.3. The molecule has 0 aliphatic heterocycles. The molecule has 0 aliphatic carbocycles. The topological polar surface area (TPSA) is 138 Å². The van der Waals surface area contributed by atoms with Gasteiger partial charge in [-0.05, 0) is 31.9 Å². The molecule has 1 heterocycles. The first kappa shape index (κ1) is 24.7. The molecule has 2 atom stereocenters. The van der Waals surface area contributed by atoms with Crippen molar-refractivity contribution in [3.63, 3.8) is 0 Å². The van der Waals surface area contributed by atoms with Gasteiger partial charge in [0.1, 0.15) is 11.9 Å². The second kappa shape index (κ2) is 11.2. The fourth-order valence-electron chi connectivity index (χ4n) is 3.12. The van der Waals surface area contributed by atoms with Crippen LogP contribution in [0.5, 0.6) is 0 Å². The highest BCUT2D eigenvalue weighted by Gasteiger charge is 2.30. The van der Waals surface area contributed by atoms with E-state index in [0.29, 0.717) is 17.2 Å². The van der Waals surface area contributed by atoms with Crippen LogP contribution in [0.2, 0.25) is 0 Å². The summed E-state index contributed by atoms with van der Waals surface area (Å²) >= 11 is 0. The maximum atomic E-state index is 14.0. The smallest absolute Gasteiger partial charge is 0.328 e. The lowest BCUT2D eigenvalue weighted by molar-refractivity contribution is -0.156. The second-order valence-corrected chi connectivity index (χ2v) is 7.47. The number of para-hydroxylation sites is 1. The van der Waals surface area contributed by atoms with E-state index in [0.717, 1.165) is 6.92 Å². The van der Waals surface area contributed by atoms with Gasteiger partial charge in [-0.25, -0.2) is 9.18 Å². The Morgan fingerprint density at radius 3 is 2.56 bits per heavy atom. The van der Waals surface area contributed by atoms with Crippen LogP contribution in [-0.4, -0.2) is 53.1 Å².